The van der Waals surface area contributed by atoms with Gasteiger partial charge in [-0.05, 0) is 18.8 Å². The average molecular weight is 253 g/mol. The molecule has 0 saturated heterocycles. The van der Waals surface area contributed by atoms with Crippen LogP contribution in [0.5, 0.6) is 0 Å². The number of hydrazine groups is 1. The predicted octanol–water partition coefficient (Wildman–Crippen LogP) is 1.37. The van der Waals surface area contributed by atoms with Crippen molar-refractivity contribution >= 4 is 5.91 Å². The third-order valence-electron chi connectivity index (χ3n) is 3.25. The summed E-state index contributed by atoms with van der Waals surface area (Å²) in [6.45, 7) is 1.10. The van der Waals surface area contributed by atoms with Crippen LogP contribution in [0.4, 0.5) is 0 Å². The van der Waals surface area contributed by atoms with Gasteiger partial charge in [0.1, 0.15) is 6.61 Å². The zero-order chi connectivity index (χ0) is 12.8. The van der Waals surface area contributed by atoms with Crippen molar-refractivity contribution in [3.05, 3.63) is 17.5 Å². The van der Waals surface area contributed by atoms with E-state index in [9.17, 15) is 4.79 Å². The normalized spacial score (nSPS) is 16.7. The fourth-order valence-corrected chi connectivity index (χ4v) is 2.24. The molecule has 0 bridgehead atoms. The van der Waals surface area contributed by atoms with Gasteiger partial charge in [-0.2, -0.15) is 0 Å². The van der Waals surface area contributed by atoms with Crippen molar-refractivity contribution in [2.24, 2.45) is 11.8 Å². The molecule has 2 rings (SSSR count). The molecule has 1 fully saturated rings. The highest BCUT2D eigenvalue weighted by Crippen LogP contribution is 2.23. The molecule has 100 valence electrons. The number of carbonyl (C=O) groups excluding carboxylic acids is 1. The van der Waals surface area contributed by atoms with Crippen molar-refractivity contribution < 1.29 is 14.1 Å². The quantitative estimate of drug-likeness (QED) is 0.470. The number of carbonyl (C=O) groups is 1. The number of hydrogen-bond donors (Lipinski definition) is 2. The van der Waals surface area contributed by atoms with Gasteiger partial charge in [-0.25, -0.2) is 5.84 Å². The predicted molar refractivity (Wildman–Crippen MR) is 64.4 cm³/mol. The minimum absolute atomic E-state index is 0.175. The minimum Gasteiger partial charge on any atom is -0.373 e. The molecule has 0 atom stereocenters. The first kappa shape index (κ1) is 13.0. The molecule has 0 unspecified atom stereocenters. The van der Waals surface area contributed by atoms with Gasteiger partial charge in [0.15, 0.2) is 11.5 Å². The van der Waals surface area contributed by atoms with Crippen LogP contribution in [0.3, 0.4) is 0 Å². The summed E-state index contributed by atoms with van der Waals surface area (Å²) in [5.41, 5.74) is 2.17. The Bertz CT molecular complexity index is 386. The van der Waals surface area contributed by atoms with E-state index in [1.54, 1.807) is 6.07 Å². The van der Waals surface area contributed by atoms with Gasteiger partial charge in [-0.3, -0.25) is 10.2 Å². The molecule has 1 aliphatic rings. The molecule has 0 aliphatic heterocycles. The Morgan fingerprint density at radius 3 is 3.00 bits per heavy atom. The largest absolute Gasteiger partial charge is 0.373 e. The van der Waals surface area contributed by atoms with E-state index >= 15 is 0 Å². The summed E-state index contributed by atoms with van der Waals surface area (Å²) in [4.78, 5) is 11.1. The summed E-state index contributed by atoms with van der Waals surface area (Å²) in [6, 6.07) is 1.54. The lowest BCUT2D eigenvalue weighted by Gasteiger charge is -2.20. The van der Waals surface area contributed by atoms with Gasteiger partial charge in [0, 0.05) is 12.7 Å². The molecule has 18 heavy (non-hydrogen) atoms. The van der Waals surface area contributed by atoms with Gasteiger partial charge in [-0.15, -0.1) is 0 Å². The molecule has 1 aliphatic carbocycles. The molecule has 0 aromatic carbocycles. The number of nitrogen functional groups attached to an aromatic ring is 1. The number of nitrogens with two attached hydrogens (primary N) is 1. The summed E-state index contributed by atoms with van der Waals surface area (Å²) < 4.78 is 10.6. The maximum absolute atomic E-state index is 11.1. The van der Waals surface area contributed by atoms with Crippen molar-refractivity contribution in [1.29, 1.82) is 0 Å². The second-order valence-electron chi connectivity index (χ2n) is 4.67. The Labute approximate surface area is 106 Å². The van der Waals surface area contributed by atoms with Gasteiger partial charge in [-0.1, -0.05) is 24.4 Å². The molecule has 1 amide bonds. The molecule has 6 nitrogen and oxygen atoms in total. The highest BCUT2D eigenvalue weighted by atomic mass is 16.5. The summed E-state index contributed by atoms with van der Waals surface area (Å²) in [5.74, 6) is 5.74. The maximum Gasteiger partial charge on any atom is 0.287 e. The highest BCUT2D eigenvalue weighted by molar-refractivity contribution is 5.91. The number of rotatable bonds is 5. The van der Waals surface area contributed by atoms with E-state index in [1.807, 2.05) is 5.43 Å². The molecule has 1 saturated carbocycles. The first-order valence-corrected chi connectivity index (χ1v) is 6.34. The number of aromatic nitrogens is 1. The van der Waals surface area contributed by atoms with Crippen molar-refractivity contribution in [2.45, 2.75) is 38.7 Å². The Morgan fingerprint density at radius 1 is 1.50 bits per heavy atom. The first-order valence-electron chi connectivity index (χ1n) is 6.34. The first-order chi connectivity index (χ1) is 8.79. The summed E-state index contributed by atoms with van der Waals surface area (Å²) in [7, 11) is 0. The molecule has 0 spiro atoms. The average Bonchev–Trinajstić information content (AvgIpc) is 2.88. The Morgan fingerprint density at radius 2 is 2.28 bits per heavy atom. The number of nitrogens with one attached hydrogen (secondary N) is 1. The maximum atomic E-state index is 11.1. The van der Waals surface area contributed by atoms with Crippen LogP contribution in [0.1, 0.15) is 48.4 Å². The van der Waals surface area contributed by atoms with E-state index < -0.39 is 5.91 Å². The van der Waals surface area contributed by atoms with Gasteiger partial charge >= 0.3 is 0 Å². The number of nitrogens with zero attached hydrogens (tertiary/aromatic N) is 1. The molecule has 6 heteroatoms. The van der Waals surface area contributed by atoms with Crippen molar-refractivity contribution in [3.8, 4) is 0 Å². The molecule has 3 N–H and O–H groups in total. The van der Waals surface area contributed by atoms with Crippen molar-refractivity contribution in [2.75, 3.05) is 6.61 Å². The van der Waals surface area contributed by atoms with Crippen LogP contribution in [-0.2, 0) is 11.3 Å². The number of ether oxygens (including phenoxy) is 1. The molecule has 1 aromatic rings. The Hall–Kier alpha value is -1.40. The van der Waals surface area contributed by atoms with Crippen LogP contribution in [0, 0.1) is 5.92 Å². The lowest BCUT2D eigenvalue weighted by atomic mass is 9.90. The number of amides is 1. The van der Waals surface area contributed by atoms with E-state index in [4.69, 9.17) is 15.1 Å². The smallest absolute Gasteiger partial charge is 0.287 e. The van der Waals surface area contributed by atoms with Crippen molar-refractivity contribution in [1.82, 2.24) is 10.6 Å². The Balaban J connectivity index is 1.72. The van der Waals surface area contributed by atoms with E-state index in [1.165, 1.54) is 32.1 Å². The standard InChI is InChI=1S/C12H19N3O3/c13-14-12(16)11-6-10(18-15-11)8-17-7-9-4-2-1-3-5-9/h6,9H,1-5,7-8,13H2,(H,14,16). The minimum atomic E-state index is -0.461. The highest BCUT2D eigenvalue weighted by Gasteiger charge is 2.15. The monoisotopic (exact) mass is 253 g/mol. The zero-order valence-corrected chi connectivity index (χ0v) is 10.4. The summed E-state index contributed by atoms with van der Waals surface area (Å²) in [5, 5.41) is 3.61. The van der Waals surface area contributed by atoms with Gasteiger partial charge in [0.2, 0.25) is 0 Å². The van der Waals surface area contributed by atoms with E-state index in [0.717, 1.165) is 6.61 Å². The lowest BCUT2D eigenvalue weighted by molar-refractivity contribution is 0.0606. The third-order valence-corrected chi connectivity index (χ3v) is 3.25. The van der Waals surface area contributed by atoms with Crippen LogP contribution in [0.25, 0.3) is 0 Å². The molecule has 1 aromatic heterocycles. The molecule has 0 radical (unpaired) electrons. The summed E-state index contributed by atoms with van der Waals surface area (Å²) in [6.07, 6.45) is 6.44. The van der Waals surface area contributed by atoms with Crippen molar-refractivity contribution in [3.63, 3.8) is 0 Å². The second-order valence-corrected chi connectivity index (χ2v) is 4.67. The SMILES string of the molecule is NNC(=O)c1cc(COCC2CCCCC2)on1. The van der Waals surface area contributed by atoms with Gasteiger partial charge < -0.3 is 9.26 Å². The van der Waals surface area contributed by atoms with Crippen LogP contribution in [0.15, 0.2) is 10.6 Å². The summed E-state index contributed by atoms with van der Waals surface area (Å²) >= 11 is 0. The second kappa shape index (κ2) is 6.51. The van der Waals surface area contributed by atoms with E-state index in [2.05, 4.69) is 5.16 Å². The van der Waals surface area contributed by atoms with Crippen LogP contribution < -0.4 is 11.3 Å². The molecule has 1 heterocycles. The van der Waals surface area contributed by atoms with Crippen LogP contribution in [-0.4, -0.2) is 17.7 Å². The fraction of sp³-hybridized carbons (Fsp3) is 0.667. The van der Waals surface area contributed by atoms with Crippen LogP contribution in [0.2, 0.25) is 0 Å². The third kappa shape index (κ3) is 3.54. The van der Waals surface area contributed by atoms with E-state index in [-0.39, 0.29) is 5.69 Å². The topological polar surface area (TPSA) is 90.4 Å². The molecular formula is C12H19N3O3. The zero-order valence-electron chi connectivity index (χ0n) is 10.4. The van der Waals surface area contributed by atoms with Crippen LogP contribution >= 0.6 is 0 Å². The lowest BCUT2D eigenvalue weighted by Crippen LogP contribution is -2.30. The number of hydrogen-bond acceptors (Lipinski definition) is 5. The molecular weight excluding hydrogens is 234 g/mol. The van der Waals surface area contributed by atoms with E-state index in [0.29, 0.717) is 18.3 Å². The Kier molecular flexibility index (Phi) is 4.72. The van der Waals surface area contributed by atoms with Gasteiger partial charge in [0.05, 0.1) is 0 Å². The van der Waals surface area contributed by atoms with Gasteiger partial charge in [0.25, 0.3) is 5.91 Å². The fourth-order valence-electron chi connectivity index (χ4n) is 2.24.